The predicted molar refractivity (Wildman–Crippen MR) is 83.2 cm³/mol. The molecule has 6 nitrogen and oxygen atoms in total. The zero-order chi connectivity index (χ0) is 16.2. The SMILES string of the molecule is O=C(COc1ccc(Br)cc1Cl)NC1(C(=O)O)CCOCC1. The number of benzene rings is 1. The lowest BCUT2D eigenvalue weighted by molar-refractivity contribution is -0.152. The molecule has 2 rings (SSSR count). The Morgan fingerprint density at radius 2 is 2.09 bits per heavy atom. The van der Waals surface area contributed by atoms with Gasteiger partial charge in [-0.1, -0.05) is 27.5 Å². The zero-order valence-electron chi connectivity index (χ0n) is 11.6. The normalized spacial score (nSPS) is 16.8. The number of hydrogen-bond acceptors (Lipinski definition) is 4. The fourth-order valence-electron chi connectivity index (χ4n) is 2.15. The van der Waals surface area contributed by atoms with Crippen molar-refractivity contribution in [3.63, 3.8) is 0 Å². The summed E-state index contributed by atoms with van der Waals surface area (Å²) >= 11 is 9.25. The summed E-state index contributed by atoms with van der Waals surface area (Å²) in [6, 6.07) is 5.00. The van der Waals surface area contributed by atoms with Crippen LogP contribution in [0.15, 0.2) is 22.7 Å². The number of aliphatic carboxylic acids is 1. The van der Waals surface area contributed by atoms with Gasteiger partial charge in [-0.2, -0.15) is 0 Å². The number of rotatable bonds is 5. The number of hydrogen-bond donors (Lipinski definition) is 2. The Bertz CT molecular complexity index is 574. The Kier molecular flexibility index (Phi) is 5.66. The molecule has 1 aromatic carbocycles. The molecule has 1 aromatic rings. The lowest BCUT2D eigenvalue weighted by Crippen LogP contribution is -2.58. The van der Waals surface area contributed by atoms with Crippen LogP contribution < -0.4 is 10.1 Å². The Morgan fingerprint density at radius 3 is 2.68 bits per heavy atom. The fraction of sp³-hybridized carbons (Fsp3) is 0.429. The number of carboxylic acid groups (broad SMARTS) is 1. The summed E-state index contributed by atoms with van der Waals surface area (Å²) in [6.07, 6.45) is 0.459. The van der Waals surface area contributed by atoms with E-state index in [9.17, 15) is 14.7 Å². The third-order valence-corrected chi connectivity index (χ3v) is 4.18. The summed E-state index contributed by atoms with van der Waals surface area (Å²) in [5, 5.41) is 12.3. The quantitative estimate of drug-likeness (QED) is 0.803. The van der Waals surface area contributed by atoms with Crippen molar-refractivity contribution in [3.8, 4) is 5.75 Å². The Morgan fingerprint density at radius 1 is 1.41 bits per heavy atom. The van der Waals surface area contributed by atoms with Crippen LogP contribution in [0, 0.1) is 0 Å². The average Bonchev–Trinajstić information content (AvgIpc) is 2.47. The van der Waals surface area contributed by atoms with E-state index in [4.69, 9.17) is 21.1 Å². The third-order valence-electron chi connectivity index (χ3n) is 3.39. The van der Waals surface area contributed by atoms with Crippen LogP contribution in [0.25, 0.3) is 0 Å². The Labute approximate surface area is 140 Å². The molecule has 1 amide bonds. The molecule has 0 unspecified atom stereocenters. The van der Waals surface area contributed by atoms with Crippen LogP contribution >= 0.6 is 27.5 Å². The van der Waals surface area contributed by atoms with E-state index in [1.165, 1.54) is 0 Å². The van der Waals surface area contributed by atoms with Gasteiger partial charge >= 0.3 is 5.97 Å². The summed E-state index contributed by atoms with van der Waals surface area (Å²) < 4.78 is 11.3. The number of carbonyl (C=O) groups is 2. The monoisotopic (exact) mass is 391 g/mol. The summed E-state index contributed by atoms with van der Waals surface area (Å²) in [5.74, 6) is -1.22. The van der Waals surface area contributed by atoms with Crippen LogP contribution in [-0.2, 0) is 14.3 Å². The van der Waals surface area contributed by atoms with E-state index in [2.05, 4.69) is 21.2 Å². The van der Waals surface area contributed by atoms with Gasteiger partial charge in [-0.15, -0.1) is 0 Å². The van der Waals surface area contributed by atoms with Crippen LogP contribution in [0.1, 0.15) is 12.8 Å². The molecular weight excluding hydrogens is 378 g/mol. The molecule has 0 aliphatic carbocycles. The lowest BCUT2D eigenvalue weighted by Gasteiger charge is -2.33. The molecule has 0 spiro atoms. The maximum atomic E-state index is 12.0. The lowest BCUT2D eigenvalue weighted by atomic mass is 9.90. The zero-order valence-corrected chi connectivity index (χ0v) is 13.9. The van der Waals surface area contributed by atoms with Crippen LogP contribution in [0.3, 0.4) is 0 Å². The van der Waals surface area contributed by atoms with Gasteiger partial charge in [-0.25, -0.2) is 4.79 Å². The molecule has 1 fully saturated rings. The Hall–Kier alpha value is -1.31. The van der Waals surface area contributed by atoms with Crippen molar-refractivity contribution in [1.29, 1.82) is 0 Å². The smallest absolute Gasteiger partial charge is 0.329 e. The van der Waals surface area contributed by atoms with Gasteiger partial charge in [0.15, 0.2) is 6.61 Å². The van der Waals surface area contributed by atoms with Crippen LogP contribution in [0.4, 0.5) is 0 Å². The minimum Gasteiger partial charge on any atom is -0.482 e. The molecule has 1 aliphatic rings. The number of carboxylic acids is 1. The van der Waals surface area contributed by atoms with Gasteiger partial charge in [0.1, 0.15) is 11.3 Å². The highest BCUT2D eigenvalue weighted by atomic mass is 79.9. The van der Waals surface area contributed by atoms with E-state index in [1.54, 1.807) is 18.2 Å². The van der Waals surface area contributed by atoms with Gasteiger partial charge < -0.3 is 19.9 Å². The van der Waals surface area contributed by atoms with Crippen LogP contribution in [-0.4, -0.2) is 42.3 Å². The summed E-state index contributed by atoms with van der Waals surface area (Å²) in [7, 11) is 0. The maximum Gasteiger partial charge on any atom is 0.329 e. The van der Waals surface area contributed by atoms with Crippen molar-refractivity contribution in [2.24, 2.45) is 0 Å². The van der Waals surface area contributed by atoms with Crippen LogP contribution in [0.2, 0.25) is 5.02 Å². The Balaban J connectivity index is 1.95. The first-order valence-electron chi connectivity index (χ1n) is 6.63. The molecule has 120 valence electrons. The fourth-order valence-corrected chi connectivity index (χ4v) is 2.88. The summed E-state index contributed by atoms with van der Waals surface area (Å²) in [5.41, 5.74) is -1.29. The number of ether oxygens (including phenoxy) is 2. The van der Waals surface area contributed by atoms with Gasteiger partial charge in [-0.05, 0) is 18.2 Å². The molecule has 0 bridgehead atoms. The van der Waals surface area contributed by atoms with E-state index in [1.807, 2.05) is 0 Å². The van der Waals surface area contributed by atoms with E-state index in [0.717, 1.165) is 4.47 Å². The van der Waals surface area contributed by atoms with Crippen molar-refractivity contribution in [1.82, 2.24) is 5.32 Å². The van der Waals surface area contributed by atoms with Gasteiger partial charge in [-0.3, -0.25) is 4.79 Å². The standard InChI is InChI=1S/C14H15BrClNO5/c15-9-1-2-11(10(16)7-9)22-8-12(18)17-14(13(19)20)3-5-21-6-4-14/h1-2,7H,3-6,8H2,(H,17,18)(H,19,20). The number of carbonyl (C=O) groups excluding carboxylic acids is 1. The molecule has 0 saturated carbocycles. The van der Waals surface area contributed by atoms with Gasteiger partial charge in [0.25, 0.3) is 5.91 Å². The largest absolute Gasteiger partial charge is 0.482 e. The topological polar surface area (TPSA) is 84.9 Å². The van der Waals surface area contributed by atoms with E-state index in [0.29, 0.717) is 24.0 Å². The van der Waals surface area contributed by atoms with Crippen molar-refractivity contribution >= 4 is 39.4 Å². The first kappa shape index (κ1) is 17.1. The molecule has 8 heteroatoms. The second kappa shape index (κ2) is 7.30. The minimum atomic E-state index is -1.29. The molecule has 0 atom stereocenters. The average molecular weight is 393 g/mol. The van der Waals surface area contributed by atoms with E-state index in [-0.39, 0.29) is 19.4 Å². The van der Waals surface area contributed by atoms with E-state index < -0.39 is 17.4 Å². The number of amides is 1. The van der Waals surface area contributed by atoms with Crippen molar-refractivity contribution in [3.05, 3.63) is 27.7 Å². The van der Waals surface area contributed by atoms with Gasteiger partial charge in [0.2, 0.25) is 0 Å². The van der Waals surface area contributed by atoms with Crippen LogP contribution in [0.5, 0.6) is 5.75 Å². The maximum absolute atomic E-state index is 12.0. The highest BCUT2D eigenvalue weighted by Gasteiger charge is 2.41. The summed E-state index contributed by atoms with van der Waals surface area (Å²) in [6.45, 7) is 0.287. The predicted octanol–water partition coefficient (Wildman–Crippen LogP) is 2.23. The molecule has 2 N–H and O–H groups in total. The first-order chi connectivity index (χ1) is 10.4. The molecule has 1 heterocycles. The highest BCUT2D eigenvalue weighted by Crippen LogP contribution is 2.27. The third kappa shape index (κ3) is 4.12. The van der Waals surface area contributed by atoms with Crippen molar-refractivity contribution < 1.29 is 24.2 Å². The van der Waals surface area contributed by atoms with Gasteiger partial charge in [0.05, 0.1) is 5.02 Å². The molecule has 1 aliphatic heterocycles. The molecule has 0 aromatic heterocycles. The van der Waals surface area contributed by atoms with E-state index >= 15 is 0 Å². The minimum absolute atomic E-state index is 0.229. The highest BCUT2D eigenvalue weighted by molar-refractivity contribution is 9.10. The van der Waals surface area contributed by atoms with Crippen molar-refractivity contribution in [2.75, 3.05) is 19.8 Å². The molecular formula is C14H15BrClNO5. The van der Waals surface area contributed by atoms with Gasteiger partial charge in [0, 0.05) is 30.5 Å². The molecule has 1 saturated heterocycles. The number of halogens is 2. The molecule has 22 heavy (non-hydrogen) atoms. The van der Waals surface area contributed by atoms with Crippen molar-refractivity contribution in [2.45, 2.75) is 18.4 Å². The number of nitrogens with one attached hydrogen (secondary N) is 1. The second-order valence-corrected chi connectivity index (χ2v) is 6.23. The summed E-state index contributed by atoms with van der Waals surface area (Å²) in [4.78, 5) is 23.4. The first-order valence-corrected chi connectivity index (χ1v) is 7.80. The molecule has 0 radical (unpaired) electrons. The second-order valence-electron chi connectivity index (χ2n) is 4.91.